The number of hydrogen-bond donors (Lipinski definition) is 0. The van der Waals surface area contributed by atoms with E-state index in [0.717, 1.165) is 49.4 Å². The normalized spacial score (nSPS) is 16.8. The minimum Gasteiger partial charge on any atom is -0.493 e. The zero-order valence-corrected chi connectivity index (χ0v) is 13.2. The van der Waals surface area contributed by atoms with Gasteiger partial charge in [0.25, 0.3) is 0 Å². The molecule has 1 aromatic heterocycles. The Labute approximate surface area is 130 Å². The van der Waals surface area contributed by atoms with Gasteiger partial charge in [-0.1, -0.05) is 0 Å². The number of benzene rings is 1. The van der Waals surface area contributed by atoms with Gasteiger partial charge in [-0.2, -0.15) is 0 Å². The number of ether oxygens (including phenoxy) is 2. The van der Waals surface area contributed by atoms with Crippen LogP contribution in [-0.2, 0) is 0 Å². The Hall–Kier alpha value is -1.92. The van der Waals surface area contributed by atoms with Crippen molar-refractivity contribution < 1.29 is 9.47 Å². The predicted octanol–water partition coefficient (Wildman–Crippen LogP) is 1.26. The third-order valence-electron chi connectivity index (χ3n) is 4.05. The molecule has 0 saturated carbocycles. The van der Waals surface area contributed by atoms with Crippen LogP contribution in [0.5, 0.6) is 11.5 Å². The highest BCUT2D eigenvalue weighted by Gasteiger charge is 2.14. The summed E-state index contributed by atoms with van der Waals surface area (Å²) in [6, 6.07) is 3.83. The maximum atomic E-state index is 5.93. The van der Waals surface area contributed by atoms with Gasteiger partial charge in [0.2, 0.25) is 0 Å². The summed E-state index contributed by atoms with van der Waals surface area (Å²) in [5, 5.41) is 0.956. The molecular formula is C16H22N4O2. The quantitative estimate of drug-likeness (QED) is 0.829. The van der Waals surface area contributed by atoms with E-state index in [1.54, 1.807) is 13.3 Å². The van der Waals surface area contributed by atoms with Gasteiger partial charge >= 0.3 is 0 Å². The van der Waals surface area contributed by atoms with Crippen LogP contribution in [0.25, 0.3) is 10.9 Å². The fourth-order valence-electron chi connectivity index (χ4n) is 2.62. The lowest BCUT2D eigenvalue weighted by Crippen LogP contribution is -2.45. The van der Waals surface area contributed by atoms with E-state index in [1.165, 1.54) is 6.33 Å². The van der Waals surface area contributed by atoms with E-state index < -0.39 is 0 Å². The van der Waals surface area contributed by atoms with Crippen molar-refractivity contribution in [3.8, 4) is 11.5 Å². The van der Waals surface area contributed by atoms with E-state index in [-0.39, 0.29) is 0 Å². The van der Waals surface area contributed by atoms with Crippen LogP contribution >= 0.6 is 0 Å². The average molecular weight is 302 g/mol. The summed E-state index contributed by atoms with van der Waals surface area (Å²) >= 11 is 0. The molecule has 1 aliphatic rings. The van der Waals surface area contributed by atoms with Crippen molar-refractivity contribution in [3.63, 3.8) is 0 Å². The molecule has 6 nitrogen and oxygen atoms in total. The van der Waals surface area contributed by atoms with Gasteiger partial charge in [0.1, 0.15) is 12.9 Å². The molecule has 3 rings (SSSR count). The van der Waals surface area contributed by atoms with Gasteiger partial charge < -0.3 is 14.4 Å². The molecule has 1 saturated heterocycles. The minimum absolute atomic E-state index is 0.652. The summed E-state index contributed by atoms with van der Waals surface area (Å²) in [7, 11) is 3.81. The highest BCUT2D eigenvalue weighted by Crippen LogP contribution is 2.31. The maximum Gasteiger partial charge on any atom is 0.162 e. The molecule has 0 radical (unpaired) electrons. The second-order valence-electron chi connectivity index (χ2n) is 5.58. The van der Waals surface area contributed by atoms with Gasteiger partial charge in [0.05, 0.1) is 12.6 Å². The Balaban J connectivity index is 1.63. The molecule has 1 aromatic carbocycles. The molecule has 0 atom stereocenters. The first-order chi connectivity index (χ1) is 10.8. The van der Waals surface area contributed by atoms with Crippen molar-refractivity contribution in [2.24, 2.45) is 0 Å². The van der Waals surface area contributed by atoms with Crippen LogP contribution in [0.2, 0.25) is 0 Å². The molecule has 118 valence electrons. The lowest BCUT2D eigenvalue weighted by Gasteiger charge is -2.32. The maximum absolute atomic E-state index is 5.93. The van der Waals surface area contributed by atoms with E-state index in [0.29, 0.717) is 12.4 Å². The molecule has 6 heteroatoms. The molecule has 0 amide bonds. The molecule has 1 fully saturated rings. The van der Waals surface area contributed by atoms with Crippen LogP contribution in [0.3, 0.4) is 0 Å². The smallest absolute Gasteiger partial charge is 0.162 e. The molecule has 0 spiro atoms. The molecule has 2 aromatic rings. The number of nitrogens with zero attached hydrogens (tertiary/aromatic N) is 4. The molecule has 22 heavy (non-hydrogen) atoms. The summed E-state index contributed by atoms with van der Waals surface area (Å²) in [5.74, 6) is 1.46. The summed E-state index contributed by atoms with van der Waals surface area (Å²) in [4.78, 5) is 13.1. The lowest BCUT2D eigenvalue weighted by atomic mass is 10.2. The highest BCUT2D eigenvalue weighted by molar-refractivity contribution is 5.81. The Morgan fingerprint density at radius 3 is 2.73 bits per heavy atom. The van der Waals surface area contributed by atoms with E-state index in [9.17, 15) is 0 Å². The summed E-state index contributed by atoms with van der Waals surface area (Å²) in [5.41, 5.74) is 0.860. The van der Waals surface area contributed by atoms with Gasteiger partial charge in [-0.3, -0.25) is 4.90 Å². The van der Waals surface area contributed by atoms with Crippen molar-refractivity contribution in [1.29, 1.82) is 0 Å². The van der Waals surface area contributed by atoms with Crippen LogP contribution in [0.4, 0.5) is 0 Å². The van der Waals surface area contributed by atoms with Crippen molar-refractivity contribution in [2.75, 3.05) is 53.5 Å². The number of piperazine rings is 1. The van der Waals surface area contributed by atoms with Gasteiger partial charge in [-0.05, 0) is 13.1 Å². The predicted molar refractivity (Wildman–Crippen MR) is 85.5 cm³/mol. The number of methoxy groups -OCH3 is 1. The Kier molecular flexibility index (Phi) is 4.70. The van der Waals surface area contributed by atoms with Crippen LogP contribution in [0.1, 0.15) is 0 Å². The van der Waals surface area contributed by atoms with Crippen LogP contribution in [0.15, 0.2) is 24.7 Å². The van der Waals surface area contributed by atoms with E-state index in [1.807, 2.05) is 12.1 Å². The second-order valence-corrected chi connectivity index (χ2v) is 5.58. The highest BCUT2D eigenvalue weighted by atomic mass is 16.5. The van der Waals surface area contributed by atoms with Crippen molar-refractivity contribution in [1.82, 2.24) is 19.8 Å². The molecule has 2 heterocycles. The number of likely N-dealkylation sites (N-methyl/N-ethyl adjacent to an activating group) is 1. The molecular weight excluding hydrogens is 280 g/mol. The lowest BCUT2D eigenvalue weighted by molar-refractivity contribution is 0.133. The summed E-state index contributed by atoms with van der Waals surface area (Å²) in [6.07, 6.45) is 3.32. The Morgan fingerprint density at radius 1 is 1.14 bits per heavy atom. The summed E-state index contributed by atoms with van der Waals surface area (Å²) < 4.78 is 11.3. The monoisotopic (exact) mass is 302 g/mol. The zero-order chi connectivity index (χ0) is 15.4. The van der Waals surface area contributed by atoms with Crippen molar-refractivity contribution >= 4 is 10.9 Å². The fourth-order valence-corrected chi connectivity index (χ4v) is 2.62. The van der Waals surface area contributed by atoms with Crippen LogP contribution < -0.4 is 9.47 Å². The first kappa shape index (κ1) is 15.0. The topological polar surface area (TPSA) is 50.7 Å². The second kappa shape index (κ2) is 6.89. The molecule has 0 N–H and O–H groups in total. The van der Waals surface area contributed by atoms with Crippen molar-refractivity contribution in [2.45, 2.75) is 0 Å². The van der Waals surface area contributed by atoms with Crippen molar-refractivity contribution in [3.05, 3.63) is 24.7 Å². The number of hydrogen-bond acceptors (Lipinski definition) is 6. The third kappa shape index (κ3) is 3.45. The largest absolute Gasteiger partial charge is 0.493 e. The van der Waals surface area contributed by atoms with Crippen LogP contribution in [-0.4, -0.2) is 73.3 Å². The molecule has 0 aliphatic carbocycles. The van der Waals surface area contributed by atoms with Gasteiger partial charge in [0.15, 0.2) is 11.5 Å². The van der Waals surface area contributed by atoms with Gasteiger partial charge in [0, 0.05) is 50.4 Å². The Morgan fingerprint density at radius 2 is 1.95 bits per heavy atom. The standard InChI is InChI=1S/C16H22N4O2/c1-19-3-5-20(6-4-19)7-8-22-16-9-13-11-17-12-18-14(13)10-15(16)21-2/h9-12H,3-8H2,1-2H3. The van der Waals surface area contributed by atoms with E-state index >= 15 is 0 Å². The van der Waals surface area contributed by atoms with Gasteiger partial charge in [-0.15, -0.1) is 0 Å². The van der Waals surface area contributed by atoms with Gasteiger partial charge in [-0.25, -0.2) is 9.97 Å². The first-order valence-corrected chi connectivity index (χ1v) is 7.58. The average Bonchev–Trinajstić information content (AvgIpc) is 2.56. The minimum atomic E-state index is 0.652. The Bertz CT molecular complexity index is 627. The third-order valence-corrected chi connectivity index (χ3v) is 4.05. The SMILES string of the molecule is COc1cc2ncncc2cc1OCCN1CCN(C)CC1. The zero-order valence-electron chi connectivity index (χ0n) is 13.2. The fraction of sp³-hybridized carbons (Fsp3) is 0.500. The van der Waals surface area contributed by atoms with Crippen LogP contribution in [0, 0.1) is 0 Å². The molecule has 0 bridgehead atoms. The number of rotatable bonds is 5. The number of aromatic nitrogens is 2. The molecule has 0 unspecified atom stereocenters. The molecule has 1 aliphatic heterocycles. The van der Waals surface area contributed by atoms with E-state index in [2.05, 4.69) is 26.8 Å². The summed E-state index contributed by atoms with van der Waals surface area (Å²) in [6.45, 7) is 6.03. The number of fused-ring (bicyclic) bond motifs is 1. The first-order valence-electron chi connectivity index (χ1n) is 7.58. The van der Waals surface area contributed by atoms with E-state index in [4.69, 9.17) is 9.47 Å².